The molecule has 0 amide bonds. The fraction of sp³-hybridized carbons (Fsp3) is 0.286. The molecule has 3 aromatic carbocycles. The molecular weight excluding hydrogens is 427 g/mol. The summed E-state index contributed by atoms with van der Waals surface area (Å²) in [6.45, 7) is 0. The van der Waals surface area contributed by atoms with Crippen LogP contribution in [0.1, 0.15) is 44.0 Å². The monoisotopic (exact) mass is 457 g/mol. The zero-order valence-corrected chi connectivity index (χ0v) is 19.7. The Labute approximate surface area is 195 Å². The standard InChI is InChI=1S/C28H30N2O2P/c31-28-30-23(13-10-11-21-27(30)29-32-28)14-12-22-33(24-15-4-1-5-16-24,25-17-6-2-7-18-25)26-19-8-3-9-20-26/h1-9,15-20,23H,10-14,21-22H2/q+1. The first-order valence-electron chi connectivity index (χ1n) is 11.9. The van der Waals surface area contributed by atoms with Gasteiger partial charge in [-0.1, -0.05) is 66.2 Å². The first kappa shape index (κ1) is 21.9. The summed E-state index contributed by atoms with van der Waals surface area (Å²) in [5, 5.41) is 8.27. The van der Waals surface area contributed by atoms with E-state index in [0.717, 1.165) is 50.5 Å². The number of fused-ring (bicyclic) bond motifs is 1. The smallest absolute Gasteiger partial charge is 0.296 e. The summed E-state index contributed by atoms with van der Waals surface area (Å²) < 4.78 is 6.86. The molecule has 5 rings (SSSR count). The van der Waals surface area contributed by atoms with Crippen molar-refractivity contribution in [3.63, 3.8) is 0 Å². The van der Waals surface area contributed by atoms with Crippen molar-refractivity contribution in [2.24, 2.45) is 0 Å². The molecule has 1 unspecified atom stereocenters. The highest BCUT2D eigenvalue weighted by Crippen LogP contribution is 2.56. The highest BCUT2D eigenvalue weighted by atomic mass is 31.2. The van der Waals surface area contributed by atoms with Crippen LogP contribution in [0, 0.1) is 0 Å². The number of nitrogens with zero attached hydrogens (tertiary/aromatic N) is 2. The Morgan fingerprint density at radius 1 is 0.818 bits per heavy atom. The molecule has 168 valence electrons. The summed E-state index contributed by atoms with van der Waals surface area (Å²) in [6.07, 6.45) is 7.10. The Balaban J connectivity index is 1.52. The molecule has 0 fully saturated rings. The molecule has 2 heterocycles. The van der Waals surface area contributed by atoms with E-state index in [-0.39, 0.29) is 11.8 Å². The van der Waals surface area contributed by atoms with Crippen LogP contribution in [0.2, 0.25) is 0 Å². The number of hydrogen-bond donors (Lipinski definition) is 0. The second-order valence-corrected chi connectivity index (χ2v) is 12.4. The lowest BCUT2D eigenvalue weighted by Gasteiger charge is -2.28. The predicted molar refractivity (Wildman–Crippen MR) is 137 cm³/mol. The summed E-state index contributed by atoms with van der Waals surface area (Å²) in [4.78, 5) is 12.4. The van der Waals surface area contributed by atoms with Gasteiger partial charge in [0.1, 0.15) is 23.2 Å². The van der Waals surface area contributed by atoms with Gasteiger partial charge in [0.2, 0.25) is 0 Å². The molecular formula is C28H30N2O2P+. The molecule has 0 bridgehead atoms. The zero-order valence-electron chi connectivity index (χ0n) is 18.8. The largest absolute Gasteiger partial charge is 0.441 e. The number of benzene rings is 3. The third kappa shape index (κ3) is 4.32. The zero-order chi connectivity index (χ0) is 22.5. The first-order chi connectivity index (χ1) is 16.3. The molecule has 5 heteroatoms. The van der Waals surface area contributed by atoms with Crippen molar-refractivity contribution in [2.45, 2.75) is 44.6 Å². The van der Waals surface area contributed by atoms with E-state index >= 15 is 0 Å². The fourth-order valence-electron chi connectivity index (χ4n) is 5.32. The molecule has 0 N–H and O–H groups in total. The maximum Gasteiger partial charge on any atom is 0.441 e. The van der Waals surface area contributed by atoms with Crippen molar-refractivity contribution in [3.05, 3.63) is 107 Å². The molecule has 1 atom stereocenters. The van der Waals surface area contributed by atoms with E-state index in [2.05, 4.69) is 96.2 Å². The lowest BCUT2D eigenvalue weighted by molar-refractivity contribution is 0.346. The van der Waals surface area contributed by atoms with Gasteiger partial charge in [-0.3, -0.25) is 9.09 Å². The Kier molecular flexibility index (Phi) is 6.55. The van der Waals surface area contributed by atoms with Crippen molar-refractivity contribution in [3.8, 4) is 0 Å². The first-order valence-corrected chi connectivity index (χ1v) is 13.9. The normalized spacial score (nSPS) is 16.2. The van der Waals surface area contributed by atoms with Gasteiger partial charge in [0.05, 0.1) is 6.16 Å². The lowest BCUT2D eigenvalue weighted by Crippen LogP contribution is -2.33. The molecule has 4 aromatic rings. The molecule has 33 heavy (non-hydrogen) atoms. The average molecular weight is 458 g/mol. The molecule has 1 aliphatic heterocycles. The van der Waals surface area contributed by atoms with Crippen LogP contribution < -0.4 is 21.7 Å². The van der Waals surface area contributed by atoms with Crippen LogP contribution in [0.25, 0.3) is 0 Å². The van der Waals surface area contributed by atoms with Gasteiger partial charge in [0, 0.05) is 12.5 Å². The van der Waals surface area contributed by atoms with E-state index < -0.39 is 7.26 Å². The SMILES string of the molecule is O=c1onc2n1C(CCC[P+](c1ccccc1)(c1ccccc1)c1ccccc1)CCCC2. The van der Waals surface area contributed by atoms with Crippen molar-refractivity contribution >= 4 is 23.2 Å². The van der Waals surface area contributed by atoms with E-state index in [1.54, 1.807) is 0 Å². The van der Waals surface area contributed by atoms with Crippen molar-refractivity contribution in [1.82, 2.24) is 9.72 Å². The Bertz CT molecular complexity index is 1120. The minimum Gasteiger partial charge on any atom is -0.296 e. The van der Waals surface area contributed by atoms with Crippen LogP contribution in [0.3, 0.4) is 0 Å². The minimum absolute atomic E-state index is 0.172. The van der Waals surface area contributed by atoms with E-state index in [4.69, 9.17) is 4.52 Å². The third-order valence-corrected chi connectivity index (χ3v) is 11.4. The van der Waals surface area contributed by atoms with Crippen molar-refractivity contribution in [1.29, 1.82) is 0 Å². The quantitative estimate of drug-likeness (QED) is 0.372. The topological polar surface area (TPSA) is 48.0 Å². The highest BCUT2D eigenvalue weighted by Gasteiger charge is 2.44. The molecule has 0 spiro atoms. The molecule has 1 aromatic heterocycles. The third-order valence-electron chi connectivity index (χ3n) is 6.88. The molecule has 4 nitrogen and oxygen atoms in total. The van der Waals surface area contributed by atoms with Gasteiger partial charge in [-0.05, 0) is 62.1 Å². The molecule has 0 aliphatic carbocycles. The van der Waals surface area contributed by atoms with Gasteiger partial charge in [0.25, 0.3) is 0 Å². The van der Waals surface area contributed by atoms with E-state index in [1.807, 2.05) is 4.57 Å². The second-order valence-electron chi connectivity index (χ2n) is 8.82. The maximum absolute atomic E-state index is 12.4. The molecule has 0 saturated heterocycles. The fourth-order valence-corrected chi connectivity index (χ4v) is 9.69. The lowest BCUT2D eigenvalue weighted by atomic mass is 10.1. The molecule has 1 aliphatic rings. The van der Waals surface area contributed by atoms with Crippen LogP contribution >= 0.6 is 7.26 Å². The van der Waals surface area contributed by atoms with Crippen LogP contribution in [0.5, 0.6) is 0 Å². The van der Waals surface area contributed by atoms with E-state index in [1.165, 1.54) is 15.9 Å². The van der Waals surface area contributed by atoms with Gasteiger partial charge >= 0.3 is 5.76 Å². The number of rotatable bonds is 7. The van der Waals surface area contributed by atoms with Gasteiger partial charge in [-0.25, -0.2) is 4.79 Å². The number of aryl methyl sites for hydroxylation is 1. The number of hydrogen-bond acceptors (Lipinski definition) is 3. The Morgan fingerprint density at radius 3 is 1.91 bits per heavy atom. The van der Waals surface area contributed by atoms with Gasteiger partial charge in [0.15, 0.2) is 5.82 Å². The summed E-state index contributed by atoms with van der Waals surface area (Å²) >= 11 is 0. The summed E-state index contributed by atoms with van der Waals surface area (Å²) in [6, 6.07) is 33.2. The van der Waals surface area contributed by atoms with Crippen LogP contribution in [-0.4, -0.2) is 15.9 Å². The minimum atomic E-state index is -1.84. The summed E-state index contributed by atoms with van der Waals surface area (Å²) in [5.41, 5.74) is 0. The van der Waals surface area contributed by atoms with Gasteiger partial charge in [-0.2, -0.15) is 0 Å². The summed E-state index contributed by atoms with van der Waals surface area (Å²) in [7, 11) is -1.84. The second kappa shape index (κ2) is 9.89. The number of aromatic nitrogens is 2. The highest BCUT2D eigenvalue weighted by molar-refractivity contribution is 7.95. The molecule has 0 saturated carbocycles. The maximum atomic E-state index is 12.4. The average Bonchev–Trinajstić information content (AvgIpc) is 3.12. The van der Waals surface area contributed by atoms with E-state index in [0.29, 0.717) is 0 Å². The van der Waals surface area contributed by atoms with Crippen LogP contribution in [0.15, 0.2) is 100 Å². The van der Waals surface area contributed by atoms with Crippen LogP contribution in [0.4, 0.5) is 0 Å². The van der Waals surface area contributed by atoms with E-state index in [9.17, 15) is 4.79 Å². The predicted octanol–water partition coefficient (Wildman–Crippen LogP) is 4.88. The Hall–Kier alpha value is -2.97. The van der Waals surface area contributed by atoms with Crippen molar-refractivity contribution < 1.29 is 4.52 Å². The van der Waals surface area contributed by atoms with Crippen molar-refractivity contribution in [2.75, 3.05) is 6.16 Å². The van der Waals surface area contributed by atoms with Crippen LogP contribution in [-0.2, 0) is 6.42 Å². The van der Waals surface area contributed by atoms with Gasteiger partial charge < -0.3 is 0 Å². The molecule has 0 radical (unpaired) electrons. The van der Waals surface area contributed by atoms with Gasteiger partial charge in [-0.15, -0.1) is 0 Å². The Morgan fingerprint density at radius 2 is 1.36 bits per heavy atom. The summed E-state index contributed by atoms with van der Waals surface area (Å²) in [5.74, 6) is 0.518.